The smallest absolute Gasteiger partial charge is 0.290 e. The molecule has 0 aliphatic carbocycles. The first kappa shape index (κ1) is 22.7. The predicted octanol–water partition coefficient (Wildman–Crippen LogP) is 1.53. The third-order valence-corrected chi connectivity index (χ3v) is 7.50. The maximum Gasteiger partial charge on any atom is 0.290 e. The van der Waals surface area contributed by atoms with Crippen LogP contribution in [0.15, 0.2) is 17.5 Å². The van der Waals surface area contributed by atoms with Crippen molar-refractivity contribution < 1.29 is 24.2 Å². The van der Waals surface area contributed by atoms with Crippen molar-refractivity contribution in [3.8, 4) is 0 Å². The number of carbonyl (C=O) groups is 3. The minimum atomic E-state index is -0.250. The molecule has 0 unspecified atom stereocenters. The van der Waals surface area contributed by atoms with Crippen molar-refractivity contribution in [2.24, 2.45) is 11.8 Å². The van der Waals surface area contributed by atoms with Crippen molar-refractivity contribution >= 4 is 29.6 Å². The number of hydrogen-bond donors (Lipinski definition) is 2. The van der Waals surface area contributed by atoms with Crippen LogP contribution in [-0.2, 0) is 14.3 Å². The lowest BCUT2D eigenvalue weighted by molar-refractivity contribution is -0.132. The monoisotopic (exact) mass is 437 g/mol. The second-order valence-electron chi connectivity index (χ2n) is 8.24. The molecule has 8 nitrogen and oxygen atoms in total. The van der Waals surface area contributed by atoms with E-state index < -0.39 is 0 Å². The Bertz CT molecular complexity index is 743. The first-order chi connectivity index (χ1) is 14.4. The van der Waals surface area contributed by atoms with Crippen molar-refractivity contribution in [3.05, 3.63) is 22.4 Å². The number of amides is 2. The molecule has 0 aromatic carbocycles. The Hall–Kier alpha value is -1.97. The van der Waals surface area contributed by atoms with Gasteiger partial charge in [-0.25, -0.2) is 0 Å². The molecule has 1 aromatic heterocycles. The summed E-state index contributed by atoms with van der Waals surface area (Å²) in [5.74, 6) is 0.870. The highest BCUT2D eigenvalue weighted by Crippen LogP contribution is 2.54. The Labute approximate surface area is 181 Å². The number of rotatable bonds is 7. The van der Waals surface area contributed by atoms with Gasteiger partial charge in [0.1, 0.15) is 0 Å². The SMILES string of the molecule is CCN(C)CCC(=O)N1C[C@@H]2[C@H](CNC(=O)c3cccs3)[C@H]3CC[C@]2(C1)O3.O=CO. The summed E-state index contributed by atoms with van der Waals surface area (Å²) in [5, 5.41) is 11.9. The van der Waals surface area contributed by atoms with Crippen LogP contribution in [0, 0.1) is 11.8 Å². The zero-order valence-corrected chi connectivity index (χ0v) is 18.4. The summed E-state index contributed by atoms with van der Waals surface area (Å²) in [4.78, 5) is 38.2. The van der Waals surface area contributed by atoms with Gasteiger partial charge in [0, 0.05) is 37.9 Å². The second kappa shape index (κ2) is 9.89. The Morgan fingerprint density at radius 1 is 1.50 bits per heavy atom. The van der Waals surface area contributed by atoms with Crippen LogP contribution in [0.2, 0.25) is 0 Å². The third-order valence-electron chi connectivity index (χ3n) is 6.63. The Kier molecular flexibility index (Phi) is 7.49. The fraction of sp³-hybridized carbons (Fsp3) is 0.667. The Morgan fingerprint density at radius 3 is 2.93 bits per heavy atom. The second-order valence-corrected chi connectivity index (χ2v) is 9.19. The largest absolute Gasteiger partial charge is 0.483 e. The van der Waals surface area contributed by atoms with Crippen molar-refractivity contribution in [3.63, 3.8) is 0 Å². The minimum absolute atomic E-state index is 0.00430. The maximum atomic E-state index is 12.7. The molecule has 0 saturated carbocycles. The van der Waals surface area contributed by atoms with Crippen LogP contribution in [0.4, 0.5) is 0 Å². The van der Waals surface area contributed by atoms with Crippen molar-refractivity contribution in [1.82, 2.24) is 15.1 Å². The van der Waals surface area contributed by atoms with Gasteiger partial charge < -0.3 is 25.0 Å². The molecule has 2 amide bonds. The molecule has 2 N–H and O–H groups in total. The van der Waals surface area contributed by atoms with Gasteiger partial charge in [0.2, 0.25) is 5.91 Å². The van der Waals surface area contributed by atoms with Gasteiger partial charge in [-0.1, -0.05) is 13.0 Å². The van der Waals surface area contributed by atoms with E-state index in [1.165, 1.54) is 11.3 Å². The van der Waals surface area contributed by atoms with Crippen LogP contribution >= 0.6 is 11.3 Å². The summed E-state index contributed by atoms with van der Waals surface area (Å²) in [7, 11) is 2.04. The number of carbonyl (C=O) groups excluding carboxylic acids is 2. The van der Waals surface area contributed by atoms with E-state index in [1.807, 2.05) is 29.5 Å². The number of nitrogens with one attached hydrogen (secondary N) is 1. The third kappa shape index (κ3) is 4.68. The fourth-order valence-corrected chi connectivity index (χ4v) is 5.60. The van der Waals surface area contributed by atoms with E-state index in [-0.39, 0.29) is 30.0 Å². The summed E-state index contributed by atoms with van der Waals surface area (Å²) in [6, 6.07) is 3.74. The highest BCUT2D eigenvalue weighted by atomic mass is 32.1. The van der Waals surface area contributed by atoms with Crippen LogP contribution in [-0.4, -0.2) is 84.7 Å². The van der Waals surface area contributed by atoms with E-state index >= 15 is 0 Å². The first-order valence-electron chi connectivity index (χ1n) is 10.5. The van der Waals surface area contributed by atoms with E-state index in [0.29, 0.717) is 24.8 Å². The fourth-order valence-electron chi connectivity index (χ4n) is 4.96. The number of fused-ring (bicyclic) bond motifs is 1. The van der Waals surface area contributed by atoms with Crippen LogP contribution in [0.25, 0.3) is 0 Å². The minimum Gasteiger partial charge on any atom is -0.483 e. The van der Waals surface area contributed by atoms with Crippen molar-refractivity contribution in [2.45, 2.75) is 37.9 Å². The van der Waals surface area contributed by atoms with Gasteiger partial charge in [0.15, 0.2) is 0 Å². The highest BCUT2D eigenvalue weighted by Gasteiger charge is 2.63. The molecule has 4 rings (SSSR count). The number of nitrogens with zero attached hydrogens (tertiary/aromatic N) is 2. The molecular formula is C21H31N3O5S. The average Bonchev–Trinajstić information content (AvgIpc) is 3.51. The van der Waals surface area contributed by atoms with Crippen LogP contribution in [0.3, 0.4) is 0 Å². The molecule has 4 heterocycles. The van der Waals surface area contributed by atoms with Gasteiger partial charge in [-0.15, -0.1) is 11.3 Å². The van der Waals surface area contributed by atoms with Gasteiger partial charge in [-0.05, 0) is 37.9 Å². The van der Waals surface area contributed by atoms with E-state index in [2.05, 4.69) is 17.1 Å². The van der Waals surface area contributed by atoms with Gasteiger partial charge in [0.25, 0.3) is 12.4 Å². The lowest BCUT2D eigenvalue weighted by atomic mass is 9.73. The molecule has 3 saturated heterocycles. The number of ether oxygens (including phenoxy) is 1. The molecule has 1 aromatic rings. The quantitative estimate of drug-likeness (QED) is 0.628. The van der Waals surface area contributed by atoms with Crippen LogP contribution in [0.1, 0.15) is 35.9 Å². The summed E-state index contributed by atoms with van der Waals surface area (Å²) >= 11 is 1.46. The molecule has 2 bridgehead atoms. The average molecular weight is 438 g/mol. The lowest BCUT2D eigenvalue weighted by Gasteiger charge is -2.29. The van der Waals surface area contributed by atoms with Gasteiger partial charge in [0.05, 0.1) is 23.1 Å². The molecule has 1 spiro atoms. The topological polar surface area (TPSA) is 99.2 Å². The van der Waals surface area contributed by atoms with Crippen molar-refractivity contribution in [2.75, 3.05) is 39.8 Å². The molecular weight excluding hydrogens is 406 g/mol. The molecule has 166 valence electrons. The summed E-state index contributed by atoms with van der Waals surface area (Å²) in [6.45, 7) is 5.73. The zero-order chi connectivity index (χ0) is 21.7. The molecule has 4 atom stereocenters. The van der Waals surface area contributed by atoms with E-state index in [4.69, 9.17) is 14.6 Å². The number of hydrogen-bond acceptors (Lipinski definition) is 6. The summed E-state index contributed by atoms with van der Waals surface area (Å²) in [6.07, 6.45) is 2.87. The standard InChI is InChI=1S/C20H29N3O3S.CH2O2/c1-3-22(2)9-7-18(24)23-12-15-14(16-6-8-20(15,13-23)26-16)11-21-19(25)17-5-4-10-27-17;2-1-3/h4-5,10,14-16H,3,6-9,11-13H2,1-2H3,(H,21,25);1H,(H,2,3)/t14-,15+,16+,20+;/m0./s1. The normalized spacial score (nSPS) is 28.8. The van der Waals surface area contributed by atoms with E-state index in [1.54, 1.807) is 0 Å². The lowest BCUT2D eigenvalue weighted by Crippen LogP contribution is -2.41. The van der Waals surface area contributed by atoms with Crippen molar-refractivity contribution in [1.29, 1.82) is 0 Å². The molecule has 9 heteroatoms. The number of thiophene rings is 1. The molecule has 3 aliphatic heterocycles. The molecule has 3 fully saturated rings. The van der Waals surface area contributed by atoms with E-state index in [9.17, 15) is 9.59 Å². The van der Waals surface area contributed by atoms with Gasteiger partial charge in [-0.2, -0.15) is 0 Å². The zero-order valence-electron chi connectivity index (χ0n) is 17.6. The Morgan fingerprint density at radius 2 is 2.27 bits per heavy atom. The summed E-state index contributed by atoms with van der Waals surface area (Å²) < 4.78 is 6.39. The predicted molar refractivity (Wildman–Crippen MR) is 114 cm³/mol. The first-order valence-corrected chi connectivity index (χ1v) is 11.4. The van der Waals surface area contributed by atoms with Gasteiger partial charge >= 0.3 is 0 Å². The number of likely N-dealkylation sites (tertiary alicyclic amines) is 1. The summed E-state index contributed by atoms with van der Waals surface area (Å²) in [5.41, 5.74) is -0.171. The Balaban J connectivity index is 0.000000806. The molecule has 0 radical (unpaired) electrons. The van der Waals surface area contributed by atoms with Crippen LogP contribution < -0.4 is 5.32 Å². The van der Waals surface area contributed by atoms with Gasteiger partial charge in [-0.3, -0.25) is 14.4 Å². The maximum absolute atomic E-state index is 12.7. The molecule has 3 aliphatic rings. The molecule has 30 heavy (non-hydrogen) atoms. The van der Waals surface area contributed by atoms with E-state index in [0.717, 1.165) is 43.9 Å². The number of carboxylic acid groups (broad SMARTS) is 1. The van der Waals surface area contributed by atoms with Crippen LogP contribution in [0.5, 0.6) is 0 Å². The highest BCUT2D eigenvalue weighted by molar-refractivity contribution is 7.12.